The second kappa shape index (κ2) is 7.01. The van der Waals surface area contributed by atoms with Crippen LogP contribution in [0, 0.1) is 5.92 Å². The lowest BCUT2D eigenvalue weighted by molar-refractivity contribution is -0.125. The summed E-state index contributed by atoms with van der Waals surface area (Å²) < 4.78 is 5.29. The summed E-state index contributed by atoms with van der Waals surface area (Å²) in [7, 11) is 3.48. The molecule has 1 aromatic rings. The highest BCUT2D eigenvalue weighted by atomic mass is 16.5. The van der Waals surface area contributed by atoms with E-state index in [1.54, 1.807) is 7.11 Å². The summed E-state index contributed by atoms with van der Waals surface area (Å²) in [6.07, 6.45) is 0. The van der Waals surface area contributed by atoms with Gasteiger partial charge in [0.25, 0.3) is 0 Å². The van der Waals surface area contributed by atoms with E-state index in [9.17, 15) is 4.79 Å². The van der Waals surface area contributed by atoms with E-state index in [0.29, 0.717) is 6.54 Å². The molecule has 0 bridgehead atoms. The van der Waals surface area contributed by atoms with Gasteiger partial charge in [-0.05, 0) is 20.0 Å². The lowest BCUT2D eigenvalue weighted by Gasteiger charge is -2.19. The molecule has 1 rings (SSSR count). The zero-order chi connectivity index (χ0) is 13.5. The summed E-state index contributed by atoms with van der Waals surface area (Å²) in [5.41, 5.74) is 0.991. The number of benzene rings is 1. The van der Waals surface area contributed by atoms with Crippen LogP contribution in [0.3, 0.4) is 0 Å². The van der Waals surface area contributed by atoms with Gasteiger partial charge in [0.05, 0.1) is 13.2 Å². The first-order chi connectivity index (χ1) is 8.60. The maximum absolute atomic E-state index is 11.9. The van der Waals surface area contributed by atoms with E-state index in [2.05, 4.69) is 10.6 Å². The second-order valence-electron chi connectivity index (χ2n) is 4.43. The van der Waals surface area contributed by atoms with Crippen LogP contribution in [0.2, 0.25) is 0 Å². The Morgan fingerprint density at radius 1 is 1.33 bits per heavy atom. The number of carbonyl (C=O) groups is 1. The van der Waals surface area contributed by atoms with Gasteiger partial charge in [-0.1, -0.05) is 25.1 Å². The molecule has 2 atom stereocenters. The Labute approximate surface area is 109 Å². The number of carbonyl (C=O) groups excluding carboxylic acids is 1. The Kier molecular flexibility index (Phi) is 5.65. The van der Waals surface area contributed by atoms with Crippen molar-refractivity contribution >= 4 is 5.91 Å². The molecule has 0 radical (unpaired) electrons. The third-order valence-electron chi connectivity index (χ3n) is 2.92. The van der Waals surface area contributed by atoms with Gasteiger partial charge in [-0.2, -0.15) is 0 Å². The van der Waals surface area contributed by atoms with Crippen LogP contribution < -0.4 is 15.4 Å². The molecule has 0 heterocycles. The summed E-state index contributed by atoms with van der Waals surface area (Å²) in [5, 5.41) is 5.99. The number of hydrogen-bond donors (Lipinski definition) is 2. The van der Waals surface area contributed by atoms with Gasteiger partial charge in [0.1, 0.15) is 5.75 Å². The van der Waals surface area contributed by atoms with Gasteiger partial charge in [0.2, 0.25) is 5.91 Å². The molecule has 0 saturated heterocycles. The molecule has 0 aliphatic carbocycles. The van der Waals surface area contributed by atoms with Crippen LogP contribution in [0.4, 0.5) is 0 Å². The highest BCUT2D eigenvalue weighted by Crippen LogP contribution is 2.24. The van der Waals surface area contributed by atoms with E-state index < -0.39 is 0 Å². The van der Waals surface area contributed by atoms with Crippen molar-refractivity contribution in [3.63, 3.8) is 0 Å². The predicted octanol–water partition coefficient (Wildman–Crippen LogP) is 1.73. The molecule has 4 nitrogen and oxygen atoms in total. The second-order valence-corrected chi connectivity index (χ2v) is 4.43. The Bertz CT molecular complexity index is 393. The Morgan fingerprint density at radius 2 is 2.00 bits per heavy atom. The molecule has 0 saturated carbocycles. The largest absolute Gasteiger partial charge is 0.496 e. The van der Waals surface area contributed by atoms with Gasteiger partial charge in [0.15, 0.2) is 0 Å². The maximum Gasteiger partial charge on any atom is 0.224 e. The van der Waals surface area contributed by atoms with Gasteiger partial charge in [0, 0.05) is 18.0 Å². The normalized spacial score (nSPS) is 13.8. The number of rotatable bonds is 6. The zero-order valence-corrected chi connectivity index (χ0v) is 11.5. The predicted molar refractivity (Wildman–Crippen MR) is 72.6 cm³/mol. The third kappa shape index (κ3) is 3.74. The average molecular weight is 250 g/mol. The molecule has 1 amide bonds. The highest BCUT2D eigenvalue weighted by Gasteiger charge is 2.17. The zero-order valence-electron chi connectivity index (χ0n) is 11.5. The van der Waals surface area contributed by atoms with Gasteiger partial charge in [-0.3, -0.25) is 4.79 Å². The quantitative estimate of drug-likeness (QED) is 0.808. The van der Waals surface area contributed by atoms with Crippen molar-refractivity contribution in [2.24, 2.45) is 5.92 Å². The van der Waals surface area contributed by atoms with Crippen molar-refractivity contribution in [2.75, 3.05) is 20.7 Å². The third-order valence-corrected chi connectivity index (χ3v) is 2.92. The molecular formula is C14H22N2O2. The molecular weight excluding hydrogens is 228 g/mol. The number of methoxy groups -OCH3 is 1. The minimum atomic E-state index is -0.0621. The lowest BCUT2D eigenvalue weighted by atomic mass is 10.1. The number of ether oxygens (including phenoxy) is 1. The lowest BCUT2D eigenvalue weighted by Crippen LogP contribution is -2.35. The first kappa shape index (κ1) is 14.5. The number of hydrogen-bond acceptors (Lipinski definition) is 3. The van der Waals surface area contributed by atoms with E-state index in [0.717, 1.165) is 11.3 Å². The van der Waals surface area contributed by atoms with Crippen molar-refractivity contribution in [1.29, 1.82) is 0 Å². The SMILES string of the molecule is CNCC(C)C(=O)N[C@H](C)c1ccccc1OC. The van der Waals surface area contributed by atoms with Crippen LogP contribution in [-0.4, -0.2) is 26.6 Å². The van der Waals surface area contributed by atoms with Gasteiger partial charge in [-0.25, -0.2) is 0 Å². The van der Waals surface area contributed by atoms with Crippen LogP contribution in [-0.2, 0) is 4.79 Å². The summed E-state index contributed by atoms with van der Waals surface area (Å²) in [6, 6.07) is 7.66. The standard InChI is InChI=1S/C14H22N2O2/c1-10(9-15-3)14(17)16-11(2)12-7-5-6-8-13(12)18-4/h5-8,10-11,15H,9H2,1-4H3,(H,16,17)/t10?,11-/m1/s1. The van der Waals surface area contributed by atoms with Crippen molar-refractivity contribution in [3.05, 3.63) is 29.8 Å². The summed E-state index contributed by atoms with van der Waals surface area (Å²) in [4.78, 5) is 11.9. The van der Waals surface area contributed by atoms with Gasteiger partial charge < -0.3 is 15.4 Å². The fraction of sp³-hybridized carbons (Fsp3) is 0.500. The molecule has 4 heteroatoms. The van der Waals surface area contributed by atoms with Crippen molar-refractivity contribution < 1.29 is 9.53 Å². The Hall–Kier alpha value is -1.55. The smallest absolute Gasteiger partial charge is 0.224 e. The summed E-state index contributed by atoms with van der Waals surface area (Å²) >= 11 is 0. The number of nitrogens with one attached hydrogen (secondary N) is 2. The minimum Gasteiger partial charge on any atom is -0.496 e. The average Bonchev–Trinajstić information content (AvgIpc) is 2.38. The minimum absolute atomic E-state index is 0.0442. The fourth-order valence-corrected chi connectivity index (χ4v) is 1.86. The van der Waals surface area contributed by atoms with Crippen molar-refractivity contribution in [1.82, 2.24) is 10.6 Å². The monoisotopic (exact) mass is 250 g/mol. The topological polar surface area (TPSA) is 50.4 Å². The van der Waals surface area contributed by atoms with E-state index in [-0.39, 0.29) is 17.9 Å². The van der Waals surface area contributed by atoms with Gasteiger partial charge >= 0.3 is 0 Å². The van der Waals surface area contributed by atoms with E-state index in [1.165, 1.54) is 0 Å². The van der Waals surface area contributed by atoms with E-state index >= 15 is 0 Å². The van der Waals surface area contributed by atoms with Gasteiger partial charge in [-0.15, -0.1) is 0 Å². The highest BCUT2D eigenvalue weighted by molar-refractivity contribution is 5.79. The van der Waals surface area contributed by atoms with Crippen LogP contribution in [0.25, 0.3) is 0 Å². The maximum atomic E-state index is 11.9. The van der Waals surface area contributed by atoms with Crippen LogP contribution >= 0.6 is 0 Å². The molecule has 0 aromatic heterocycles. The number of para-hydroxylation sites is 1. The Balaban J connectivity index is 2.70. The van der Waals surface area contributed by atoms with Crippen LogP contribution in [0.15, 0.2) is 24.3 Å². The molecule has 2 N–H and O–H groups in total. The summed E-state index contributed by atoms with van der Waals surface area (Å²) in [5.74, 6) is 0.793. The summed E-state index contributed by atoms with van der Waals surface area (Å²) in [6.45, 7) is 4.53. The molecule has 1 unspecified atom stereocenters. The van der Waals surface area contributed by atoms with E-state index in [1.807, 2.05) is 45.2 Å². The van der Waals surface area contributed by atoms with Crippen molar-refractivity contribution in [3.8, 4) is 5.75 Å². The first-order valence-corrected chi connectivity index (χ1v) is 6.18. The molecule has 18 heavy (non-hydrogen) atoms. The molecule has 100 valence electrons. The van der Waals surface area contributed by atoms with Crippen LogP contribution in [0.1, 0.15) is 25.5 Å². The Morgan fingerprint density at radius 3 is 2.61 bits per heavy atom. The molecule has 0 aliphatic rings. The number of amides is 1. The van der Waals surface area contributed by atoms with E-state index in [4.69, 9.17) is 4.74 Å². The molecule has 0 fully saturated rings. The molecule has 0 aliphatic heterocycles. The van der Waals surface area contributed by atoms with Crippen molar-refractivity contribution in [2.45, 2.75) is 19.9 Å². The fourth-order valence-electron chi connectivity index (χ4n) is 1.86. The molecule has 1 aromatic carbocycles. The van der Waals surface area contributed by atoms with Crippen LogP contribution in [0.5, 0.6) is 5.75 Å². The first-order valence-electron chi connectivity index (χ1n) is 6.18. The molecule has 0 spiro atoms.